The van der Waals surface area contributed by atoms with E-state index in [-0.39, 0.29) is 5.69 Å². The molecule has 2 aromatic rings. The predicted molar refractivity (Wildman–Crippen MR) is 51.1 cm³/mol. The van der Waals surface area contributed by atoms with Gasteiger partial charge in [0.25, 0.3) is 5.56 Å². The van der Waals surface area contributed by atoms with Crippen LogP contribution in [0.1, 0.15) is 10.5 Å². The molecule has 6 heteroatoms. The van der Waals surface area contributed by atoms with E-state index >= 15 is 0 Å². The summed E-state index contributed by atoms with van der Waals surface area (Å²) in [7, 11) is 0. The van der Waals surface area contributed by atoms with E-state index in [9.17, 15) is 9.59 Å². The van der Waals surface area contributed by atoms with Crippen LogP contribution in [0.15, 0.2) is 35.4 Å². The smallest absolute Gasteiger partial charge is 0.353 e. The monoisotopic (exact) mass is 205 g/mol. The van der Waals surface area contributed by atoms with Crippen molar-refractivity contribution in [2.75, 3.05) is 0 Å². The second-order valence-corrected chi connectivity index (χ2v) is 2.86. The second-order valence-electron chi connectivity index (χ2n) is 2.86. The largest absolute Gasteiger partial charge is 0.477 e. The SMILES string of the molecule is O=C(O)c1cc(=O)n(-c2cccnc2)[nH]1. The van der Waals surface area contributed by atoms with Crippen molar-refractivity contribution < 1.29 is 9.90 Å². The minimum absolute atomic E-state index is 0.149. The maximum Gasteiger partial charge on any atom is 0.353 e. The van der Waals surface area contributed by atoms with Crippen molar-refractivity contribution >= 4 is 5.97 Å². The number of H-pyrrole nitrogens is 1. The third-order valence-corrected chi connectivity index (χ3v) is 1.85. The number of carboxylic acids is 1. The van der Waals surface area contributed by atoms with Crippen LogP contribution in [0.3, 0.4) is 0 Å². The van der Waals surface area contributed by atoms with E-state index in [1.54, 1.807) is 18.3 Å². The number of hydrogen-bond acceptors (Lipinski definition) is 3. The zero-order valence-electron chi connectivity index (χ0n) is 7.54. The fourth-order valence-corrected chi connectivity index (χ4v) is 1.18. The standard InChI is InChI=1S/C9H7N3O3/c13-8-4-7(9(14)15)11-12(8)6-2-1-3-10-5-6/h1-5,11H,(H,14,15). The number of aromatic nitrogens is 3. The van der Waals surface area contributed by atoms with Gasteiger partial charge < -0.3 is 5.11 Å². The molecule has 2 rings (SSSR count). The summed E-state index contributed by atoms with van der Waals surface area (Å²) in [5.74, 6) is -1.17. The van der Waals surface area contributed by atoms with Crippen molar-refractivity contribution in [2.45, 2.75) is 0 Å². The number of carboxylic acid groups (broad SMARTS) is 1. The second kappa shape index (κ2) is 3.41. The van der Waals surface area contributed by atoms with Gasteiger partial charge in [0.2, 0.25) is 0 Å². The molecule has 0 atom stereocenters. The Labute approximate surface area is 83.8 Å². The van der Waals surface area contributed by atoms with Crippen molar-refractivity contribution in [1.29, 1.82) is 0 Å². The van der Waals surface area contributed by atoms with Gasteiger partial charge in [-0.25, -0.2) is 9.48 Å². The summed E-state index contributed by atoms with van der Waals surface area (Å²) in [6.45, 7) is 0. The van der Waals surface area contributed by atoms with Gasteiger partial charge in [-0.05, 0) is 12.1 Å². The predicted octanol–water partition coefficient (Wildman–Crippen LogP) is 0.259. The quantitative estimate of drug-likeness (QED) is 0.736. The molecule has 0 aliphatic carbocycles. The number of nitrogens with one attached hydrogen (secondary N) is 1. The van der Waals surface area contributed by atoms with Crippen molar-refractivity contribution in [3.05, 3.63) is 46.6 Å². The van der Waals surface area contributed by atoms with Gasteiger partial charge >= 0.3 is 5.97 Å². The Kier molecular flexibility index (Phi) is 2.09. The first-order chi connectivity index (χ1) is 7.18. The topological polar surface area (TPSA) is 88.0 Å². The summed E-state index contributed by atoms with van der Waals surface area (Å²) < 4.78 is 1.12. The lowest BCUT2D eigenvalue weighted by molar-refractivity contribution is 0.0690. The highest BCUT2D eigenvalue weighted by molar-refractivity contribution is 5.85. The van der Waals surface area contributed by atoms with Crippen LogP contribution in [0.4, 0.5) is 0 Å². The fourth-order valence-electron chi connectivity index (χ4n) is 1.18. The normalized spacial score (nSPS) is 10.1. The van der Waals surface area contributed by atoms with Crippen LogP contribution >= 0.6 is 0 Å². The number of hydrogen-bond donors (Lipinski definition) is 2. The Balaban J connectivity index is 2.55. The van der Waals surface area contributed by atoms with E-state index in [2.05, 4.69) is 10.1 Å². The number of pyridine rings is 1. The Morgan fingerprint density at radius 2 is 2.33 bits per heavy atom. The van der Waals surface area contributed by atoms with E-state index in [0.29, 0.717) is 5.69 Å². The minimum atomic E-state index is -1.17. The molecule has 2 N–H and O–H groups in total. The van der Waals surface area contributed by atoms with Crippen molar-refractivity contribution in [3.8, 4) is 5.69 Å². The van der Waals surface area contributed by atoms with Gasteiger partial charge in [0.15, 0.2) is 0 Å². The number of aromatic amines is 1. The molecule has 0 saturated carbocycles. The average molecular weight is 205 g/mol. The first-order valence-corrected chi connectivity index (χ1v) is 4.14. The minimum Gasteiger partial charge on any atom is -0.477 e. The number of rotatable bonds is 2. The summed E-state index contributed by atoms with van der Waals surface area (Å²) in [6.07, 6.45) is 3.03. The van der Waals surface area contributed by atoms with Crippen molar-refractivity contribution in [1.82, 2.24) is 14.8 Å². The van der Waals surface area contributed by atoms with Crippen LogP contribution < -0.4 is 5.56 Å². The molecular weight excluding hydrogens is 198 g/mol. The lowest BCUT2D eigenvalue weighted by Gasteiger charge is -1.98. The molecular formula is C9H7N3O3. The third-order valence-electron chi connectivity index (χ3n) is 1.85. The van der Waals surface area contributed by atoms with E-state index in [0.717, 1.165) is 10.7 Å². The van der Waals surface area contributed by atoms with Crippen molar-refractivity contribution in [3.63, 3.8) is 0 Å². The highest BCUT2D eigenvalue weighted by Gasteiger charge is 2.09. The molecule has 0 aliphatic heterocycles. The third kappa shape index (κ3) is 1.64. The summed E-state index contributed by atoms with van der Waals surface area (Å²) >= 11 is 0. The average Bonchev–Trinajstić information content (AvgIpc) is 2.62. The van der Waals surface area contributed by atoms with Crippen LogP contribution in [0.25, 0.3) is 5.69 Å². The fraction of sp³-hybridized carbons (Fsp3) is 0. The molecule has 76 valence electrons. The van der Waals surface area contributed by atoms with Gasteiger partial charge in [-0.3, -0.25) is 14.9 Å². The van der Waals surface area contributed by atoms with Gasteiger partial charge in [0.1, 0.15) is 5.69 Å². The van der Waals surface area contributed by atoms with Crippen molar-refractivity contribution in [2.24, 2.45) is 0 Å². The number of nitrogens with zero attached hydrogens (tertiary/aromatic N) is 2. The lowest BCUT2D eigenvalue weighted by Crippen LogP contribution is -2.13. The molecule has 0 fully saturated rings. The Morgan fingerprint density at radius 3 is 2.87 bits per heavy atom. The summed E-state index contributed by atoms with van der Waals surface area (Å²) in [5.41, 5.74) is -0.0840. The van der Waals surface area contributed by atoms with E-state index < -0.39 is 11.5 Å². The van der Waals surface area contributed by atoms with Gasteiger partial charge in [-0.2, -0.15) is 0 Å². The molecule has 0 saturated heterocycles. The maximum atomic E-state index is 11.4. The molecule has 2 aromatic heterocycles. The number of carbonyl (C=O) groups is 1. The summed E-state index contributed by atoms with van der Waals surface area (Å²) in [5, 5.41) is 11.1. The van der Waals surface area contributed by atoms with Crippen LogP contribution in [-0.4, -0.2) is 25.8 Å². The van der Waals surface area contributed by atoms with Gasteiger partial charge in [-0.15, -0.1) is 0 Å². The molecule has 0 unspecified atom stereocenters. The van der Waals surface area contributed by atoms with Crippen LogP contribution in [-0.2, 0) is 0 Å². The molecule has 2 heterocycles. The van der Waals surface area contributed by atoms with Crippen LogP contribution in [0.5, 0.6) is 0 Å². The molecule has 6 nitrogen and oxygen atoms in total. The number of aromatic carboxylic acids is 1. The zero-order valence-corrected chi connectivity index (χ0v) is 7.54. The first kappa shape index (κ1) is 9.20. The van der Waals surface area contributed by atoms with Gasteiger partial charge in [0, 0.05) is 12.3 Å². The molecule has 0 aliphatic rings. The molecule has 0 aromatic carbocycles. The Bertz CT molecular complexity index is 541. The molecule has 0 spiro atoms. The van der Waals surface area contributed by atoms with Gasteiger partial charge in [-0.1, -0.05) is 0 Å². The van der Waals surface area contributed by atoms with Crippen LogP contribution in [0.2, 0.25) is 0 Å². The summed E-state index contributed by atoms with van der Waals surface area (Å²) in [4.78, 5) is 25.8. The zero-order chi connectivity index (χ0) is 10.8. The summed E-state index contributed by atoms with van der Waals surface area (Å²) in [6, 6.07) is 4.33. The van der Waals surface area contributed by atoms with Gasteiger partial charge in [0.05, 0.1) is 11.9 Å². The highest BCUT2D eigenvalue weighted by Crippen LogP contribution is 2.01. The Hall–Kier alpha value is -2.37. The highest BCUT2D eigenvalue weighted by atomic mass is 16.4. The van der Waals surface area contributed by atoms with Crippen LogP contribution in [0, 0.1) is 0 Å². The van der Waals surface area contributed by atoms with E-state index in [1.165, 1.54) is 6.20 Å². The Morgan fingerprint density at radius 1 is 1.53 bits per heavy atom. The van der Waals surface area contributed by atoms with E-state index in [4.69, 9.17) is 5.11 Å². The lowest BCUT2D eigenvalue weighted by atomic mass is 10.4. The maximum absolute atomic E-state index is 11.4. The van der Waals surface area contributed by atoms with E-state index in [1.807, 2.05) is 0 Å². The molecule has 0 bridgehead atoms. The molecule has 0 amide bonds. The molecule has 15 heavy (non-hydrogen) atoms. The molecule has 0 radical (unpaired) electrons. The first-order valence-electron chi connectivity index (χ1n) is 4.14.